The molecule has 64 heavy (non-hydrogen) atoms. The second-order valence-electron chi connectivity index (χ2n) is 19.8. The Kier molecular flexibility index (Phi) is 17.3. The van der Waals surface area contributed by atoms with Gasteiger partial charge in [0.2, 0.25) is 0 Å². The number of rotatable bonds is 12. The van der Waals surface area contributed by atoms with Crippen molar-refractivity contribution in [1.29, 1.82) is 0 Å². The fourth-order valence-corrected chi connectivity index (χ4v) is 10.9. The Morgan fingerprint density at radius 1 is 0.891 bits per heavy atom. The van der Waals surface area contributed by atoms with Crippen LogP contribution in [0.25, 0.3) is 6.08 Å². The molecule has 1 aromatic carbocycles. The van der Waals surface area contributed by atoms with Gasteiger partial charge in [-0.2, -0.15) is 0 Å². The zero-order valence-corrected chi connectivity index (χ0v) is 40.7. The molecule has 15 heteroatoms. The molecule has 0 saturated carbocycles. The number of aliphatic hydroxyl groups is 2. The standard InChI is InChI=1S/C49H78N2O13/c1-15-36-49(10)41(51(46(56)64-49)24-20-19-23-34-21-17-16-18-22-34)30(4)38(52)28(2)26-48(9,58-14)43(63-45-39(53)35(50(11)12)25-29(3)59-45)31(5)40(32(6)44(55)61-36)62-37-27-47(8,57-13)42(54)33(7)60-37/h16-19,21-23,28-33,35-37,39-43,45,53-54H,15,20,24-27H2,1-14H3/b23-19-/t28-,29-,30+,31+,32-,33+,35+,36-,37+,39-,40?,41+,42+,43-,45+,47-,48-,49-/m1/s1. The van der Waals surface area contributed by atoms with Crippen molar-refractivity contribution in [2.75, 3.05) is 34.9 Å². The average molecular weight is 903 g/mol. The molecule has 1 amide bonds. The average Bonchev–Trinajstić information content (AvgIpc) is 3.52. The number of likely N-dealkylation sites (N-methyl/N-ethyl adjacent to an activating group) is 1. The van der Waals surface area contributed by atoms with Crippen molar-refractivity contribution < 1.29 is 62.5 Å². The number of methoxy groups -OCH3 is 2. The van der Waals surface area contributed by atoms with Crippen LogP contribution >= 0.6 is 0 Å². The van der Waals surface area contributed by atoms with Crippen LogP contribution in [0.4, 0.5) is 4.79 Å². The molecule has 4 saturated heterocycles. The SMILES string of the molecule is CC[C@H]1OC(=O)[C@H](C)C(O[C@H]2C[C@@](C)(OC)[C@@H](O)[C@H](C)O2)[C@H](C)[C@@H](O[C@@H]2O[C@H](C)C[C@H](N(C)C)[C@H]2O)[C@](C)(OC)C[C@@H](C)C(=O)[C@H](C)[C@@H]2N(CC/C=C\c3ccccc3)C(=O)O[C@@]21C. The zero-order chi connectivity index (χ0) is 47.5. The molecule has 0 radical (unpaired) electrons. The zero-order valence-electron chi connectivity index (χ0n) is 40.7. The molecular formula is C49H78N2O13. The topological polar surface area (TPSA) is 172 Å². The minimum Gasteiger partial charge on any atom is -0.458 e. The van der Waals surface area contributed by atoms with E-state index in [-0.39, 0.29) is 43.7 Å². The van der Waals surface area contributed by atoms with E-state index in [0.717, 1.165) is 5.56 Å². The van der Waals surface area contributed by atoms with Crippen molar-refractivity contribution in [3.05, 3.63) is 42.0 Å². The maximum atomic E-state index is 15.0. The molecule has 15 nitrogen and oxygen atoms in total. The summed E-state index contributed by atoms with van der Waals surface area (Å²) in [7, 11) is 6.87. The minimum atomic E-state index is -1.41. The summed E-state index contributed by atoms with van der Waals surface area (Å²) in [6.45, 7) is 18.5. The summed E-state index contributed by atoms with van der Waals surface area (Å²) in [5, 5.41) is 22.9. The van der Waals surface area contributed by atoms with Crippen LogP contribution in [-0.4, -0.2) is 157 Å². The van der Waals surface area contributed by atoms with E-state index in [4.69, 9.17) is 37.9 Å². The first-order valence-electron chi connectivity index (χ1n) is 23.3. The molecule has 1 aromatic rings. The molecule has 2 N–H and O–H groups in total. The quantitative estimate of drug-likeness (QED) is 0.234. The smallest absolute Gasteiger partial charge is 0.410 e. The normalized spacial score (nSPS) is 42.9. The number of fused-ring (bicyclic) bond motifs is 1. The largest absolute Gasteiger partial charge is 0.458 e. The third kappa shape index (κ3) is 10.9. The van der Waals surface area contributed by atoms with Gasteiger partial charge in [0.05, 0.1) is 47.6 Å². The lowest BCUT2D eigenvalue weighted by molar-refractivity contribution is -0.319. The lowest BCUT2D eigenvalue weighted by atomic mass is 9.73. The first kappa shape index (κ1) is 52.0. The van der Waals surface area contributed by atoms with Crippen LogP contribution in [0, 0.1) is 23.7 Å². The number of hydrogen-bond acceptors (Lipinski definition) is 14. The molecular weight excluding hydrogens is 825 g/mol. The second-order valence-corrected chi connectivity index (χ2v) is 19.8. The van der Waals surface area contributed by atoms with Crippen molar-refractivity contribution in [3.63, 3.8) is 0 Å². The van der Waals surface area contributed by atoms with Gasteiger partial charge in [-0.25, -0.2) is 4.79 Å². The summed E-state index contributed by atoms with van der Waals surface area (Å²) >= 11 is 0. The van der Waals surface area contributed by atoms with Gasteiger partial charge >= 0.3 is 12.1 Å². The van der Waals surface area contributed by atoms with Crippen molar-refractivity contribution in [3.8, 4) is 0 Å². The van der Waals surface area contributed by atoms with Crippen LogP contribution in [0.5, 0.6) is 0 Å². The number of aliphatic hydroxyl groups excluding tert-OH is 2. The number of amides is 1. The van der Waals surface area contributed by atoms with E-state index < -0.39 is 108 Å². The molecule has 0 aromatic heterocycles. The molecule has 5 rings (SSSR count). The monoisotopic (exact) mass is 903 g/mol. The summed E-state index contributed by atoms with van der Waals surface area (Å²) in [4.78, 5) is 47.4. The highest BCUT2D eigenvalue weighted by Crippen LogP contribution is 2.45. The van der Waals surface area contributed by atoms with Crippen molar-refractivity contribution in [2.24, 2.45) is 23.7 Å². The number of Topliss-reactive ketones (excluding diaryl/α,β-unsaturated/α-hetero) is 1. The minimum absolute atomic E-state index is 0.132. The predicted octanol–water partition coefficient (Wildman–Crippen LogP) is 6.01. The number of carbonyl (C=O) groups is 3. The Hall–Kier alpha value is -2.99. The van der Waals surface area contributed by atoms with Gasteiger partial charge in [0, 0.05) is 51.0 Å². The van der Waals surface area contributed by atoms with E-state index in [1.807, 2.05) is 103 Å². The molecule has 4 fully saturated rings. The third-order valence-corrected chi connectivity index (χ3v) is 14.8. The van der Waals surface area contributed by atoms with Gasteiger partial charge in [-0.15, -0.1) is 0 Å². The Balaban J connectivity index is 1.61. The molecule has 4 aliphatic rings. The van der Waals surface area contributed by atoms with Crippen molar-refractivity contribution in [2.45, 2.75) is 186 Å². The summed E-state index contributed by atoms with van der Waals surface area (Å²) in [5.41, 5.74) is -2.68. The van der Waals surface area contributed by atoms with Crippen LogP contribution in [-0.2, 0) is 47.5 Å². The molecule has 362 valence electrons. The molecule has 4 heterocycles. The third-order valence-electron chi connectivity index (χ3n) is 14.8. The fraction of sp³-hybridized carbons (Fsp3) is 0.776. The van der Waals surface area contributed by atoms with Gasteiger partial charge in [-0.1, -0.05) is 70.2 Å². The highest BCUT2D eigenvalue weighted by molar-refractivity contribution is 5.85. The number of carbonyl (C=O) groups excluding carboxylic acids is 3. The van der Waals surface area contributed by atoms with Crippen molar-refractivity contribution >= 4 is 23.9 Å². The van der Waals surface area contributed by atoms with E-state index in [1.54, 1.807) is 39.7 Å². The molecule has 4 aliphatic heterocycles. The van der Waals surface area contributed by atoms with Crippen LogP contribution in [0.15, 0.2) is 36.4 Å². The van der Waals surface area contributed by atoms with E-state index in [9.17, 15) is 24.6 Å². The fourth-order valence-electron chi connectivity index (χ4n) is 10.9. The summed E-state index contributed by atoms with van der Waals surface area (Å²) in [6.07, 6.45) is -2.93. The number of hydrogen-bond donors (Lipinski definition) is 2. The van der Waals surface area contributed by atoms with Gasteiger partial charge in [-0.05, 0) is 86.9 Å². The molecule has 0 aliphatic carbocycles. The van der Waals surface area contributed by atoms with Crippen LogP contribution in [0.2, 0.25) is 0 Å². The number of nitrogens with zero attached hydrogens (tertiary/aromatic N) is 2. The maximum absolute atomic E-state index is 15.0. The number of benzene rings is 1. The van der Waals surface area contributed by atoms with E-state index in [1.165, 1.54) is 7.11 Å². The lowest BCUT2D eigenvalue weighted by Gasteiger charge is -2.50. The van der Waals surface area contributed by atoms with Gasteiger partial charge in [0.15, 0.2) is 18.2 Å². The molecule has 18 atom stereocenters. The van der Waals surface area contributed by atoms with E-state index >= 15 is 0 Å². The van der Waals surface area contributed by atoms with Crippen LogP contribution < -0.4 is 0 Å². The van der Waals surface area contributed by atoms with Gasteiger partial charge < -0.3 is 57.9 Å². The number of ether oxygens (including phenoxy) is 8. The Bertz CT molecular complexity index is 1750. The molecule has 0 bridgehead atoms. The van der Waals surface area contributed by atoms with Gasteiger partial charge in [0.1, 0.15) is 24.1 Å². The van der Waals surface area contributed by atoms with E-state index in [0.29, 0.717) is 12.8 Å². The highest BCUT2D eigenvalue weighted by atomic mass is 16.7. The first-order valence-corrected chi connectivity index (χ1v) is 23.3. The summed E-state index contributed by atoms with van der Waals surface area (Å²) < 4.78 is 51.5. The Labute approximate surface area is 381 Å². The number of ketones is 1. The lowest BCUT2D eigenvalue weighted by Crippen LogP contribution is -2.61. The van der Waals surface area contributed by atoms with Gasteiger partial charge in [0.25, 0.3) is 0 Å². The van der Waals surface area contributed by atoms with Crippen LogP contribution in [0.1, 0.15) is 107 Å². The first-order chi connectivity index (χ1) is 30.0. The highest BCUT2D eigenvalue weighted by Gasteiger charge is 2.61. The maximum Gasteiger partial charge on any atom is 0.410 e. The summed E-state index contributed by atoms with van der Waals surface area (Å²) in [6, 6.07) is 8.76. The Morgan fingerprint density at radius 2 is 1.55 bits per heavy atom. The molecule has 1 unspecified atom stereocenters. The Morgan fingerprint density at radius 3 is 2.16 bits per heavy atom. The van der Waals surface area contributed by atoms with Gasteiger partial charge in [-0.3, -0.25) is 9.59 Å². The van der Waals surface area contributed by atoms with E-state index in [2.05, 4.69) is 0 Å². The second kappa shape index (κ2) is 21.3. The summed E-state index contributed by atoms with van der Waals surface area (Å²) in [5.74, 6) is -3.86. The number of esters is 1. The number of cyclic esters (lactones) is 1. The van der Waals surface area contributed by atoms with Crippen LogP contribution in [0.3, 0.4) is 0 Å². The molecule has 0 spiro atoms. The predicted molar refractivity (Wildman–Crippen MR) is 240 cm³/mol. The van der Waals surface area contributed by atoms with Crippen molar-refractivity contribution in [1.82, 2.24) is 9.80 Å².